The third kappa shape index (κ3) is 7.53. The maximum Gasteiger partial charge on any atom is 0.453 e. The first-order valence-corrected chi connectivity index (χ1v) is 6.57. The summed E-state index contributed by atoms with van der Waals surface area (Å²) in [5, 5.41) is 0. The lowest BCUT2D eigenvalue weighted by molar-refractivity contribution is -0.284. The largest absolute Gasteiger partial charge is 0.453 e. The average molecular weight is 286 g/mol. The molecule has 0 aliphatic carbocycles. The Labute approximate surface area is 112 Å². The second-order valence-corrected chi connectivity index (χ2v) is 5.75. The summed E-state index contributed by atoms with van der Waals surface area (Å²) in [7, 11) is 0. The Morgan fingerprint density at radius 1 is 0.842 bits per heavy atom. The normalized spacial score (nSPS) is 13.6. The summed E-state index contributed by atoms with van der Waals surface area (Å²) < 4.78 is 61.4. The smallest absolute Gasteiger partial charge is 0.196 e. The molecule has 114 valence electrons. The summed E-state index contributed by atoms with van der Waals surface area (Å²) in [5.74, 6) is -4.56. The summed E-state index contributed by atoms with van der Waals surface area (Å²) in [6, 6.07) is 0. The molecular formula is C14H23F5. The minimum atomic E-state index is -5.43. The van der Waals surface area contributed by atoms with E-state index in [2.05, 4.69) is 6.58 Å². The Kier molecular flexibility index (Phi) is 7.01. The van der Waals surface area contributed by atoms with E-state index < -0.39 is 18.5 Å². The van der Waals surface area contributed by atoms with Gasteiger partial charge in [0.1, 0.15) is 0 Å². The molecule has 0 unspecified atom stereocenters. The van der Waals surface area contributed by atoms with E-state index in [0.717, 1.165) is 25.7 Å². The highest BCUT2D eigenvalue weighted by molar-refractivity contribution is 4.78. The topological polar surface area (TPSA) is 0 Å². The molecule has 0 aromatic carbocycles. The summed E-state index contributed by atoms with van der Waals surface area (Å²) in [6.45, 7) is 7.42. The van der Waals surface area contributed by atoms with Crippen LogP contribution in [-0.2, 0) is 0 Å². The Balaban J connectivity index is 4.01. The van der Waals surface area contributed by atoms with Crippen LogP contribution in [0.4, 0.5) is 22.0 Å². The molecule has 0 nitrogen and oxygen atoms in total. The van der Waals surface area contributed by atoms with Gasteiger partial charge in [0.25, 0.3) is 0 Å². The molecule has 0 saturated heterocycles. The van der Waals surface area contributed by atoms with Gasteiger partial charge in [0, 0.05) is 6.42 Å². The van der Waals surface area contributed by atoms with E-state index in [1.54, 1.807) is 0 Å². The van der Waals surface area contributed by atoms with Crippen LogP contribution >= 0.6 is 0 Å². The quantitative estimate of drug-likeness (QED) is 0.272. The molecule has 19 heavy (non-hydrogen) atoms. The van der Waals surface area contributed by atoms with E-state index in [1.165, 1.54) is 0 Å². The van der Waals surface area contributed by atoms with Crippen molar-refractivity contribution in [1.29, 1.82) is 0 Å². The van der Waals surface area contributed by atoms with E-state index >= 15 is 0 Å². The van der Waals surface area contributed by atoms with Crippen molar-refractivity contribution in [3.05, 3.63) is 12.7 Å². The number of rotatable bonds is 9. The van der Waals surface area contributed by atoms with Crippen molar-refractivity contribution >= 4 is 0 Å². The summed E-state index contributed by atoms with van der Waals surface area (Å²) in [4.78, 5) is 0. The molecule has 0 saturated carbocycles. The first-order chi connectivity index (χ1) is 8.52. The highest BCUT2D eigenvalue weighted by Gasteiger charge is 2.56. The van der Waals surface area contributed by atoms with Crippen LogP contribution in [0.5, 0.6) is 0 Å². The van der Waals surface area contributed by atoms with Crippen LogP contribution < -0.4 is 0 Å². The molecular weight excluding hydrogens is 263 g/mol. The van der Waals surface area contributed by atoms with Crippen molar-refractivity contribution in [2.24, 2.45) is 5.41 Å². The Hall–Kier alpha value is -0.610. The molecule has 0 N–H and O–H groups in total. The van der Waals surface area contributed by atoms with E-state index in [4.69, 9.17) is 0 Å². The Morgan fingerprint density at radius 3 is 1.84 bits per heavy atom. The summed E-state index contributed by atoms with van der Waals surface area (Å²) in [6.07, 6.45) is -0.806. The molecule has 0 spiro atoms. The van der Waals surface area contributed by atoms with Crippen LogP contribution in [0.1, 0.15) is 58.8 Å². The minimum absolute atomic E-state index is 0.110. The molecule has 0 aliphatic rings. The number of hydrogen-bond donors (Lipinski definition) is 0. The van der Waals surface area contributed by atoms with Gasteiger partial charge in [0.15, 0.2) is 0 Å². The van der Waals surface area contributed by atoms with Crippen molar-refractivity contribution in [3.8, 4) is 0 Å². The van der Waals surface area contributed by atoms with Crippen molar-refractivity contribution in [3.63, 3.8) is 0 Å². The van der Waals surface area contributed by atoms with Gasteiger partial charge in [-0.3, -0.25) is 0 Å². The Morgan fingerprint density at radius 2 is 1.37 bits per heavy atom. The van der Waals surface area contributed by atoms with Crippen LogP contribution in [-0.4, -0.2) is 12.1 Å². The standard InChI is InChI=1S/C14H23F5/c1-4-5-6-7-9-12(2,3)10-8-11-13(15,16)14(17,18)19/h4H,1,5-11H2,2-3H3. The van der Waals surface area contributed by atoms with Crippen molar-refractivity contribution in [1.82, 2.24) is 0 Å². The van der Waals surface area contributed by atoms with Gasteiger partial charge in [-0.15, -0.1) is 6.58 Å². The van der Waals surface area contributed by atoms with Crippen LogP contribution in [0.2, 0.25) is 0 Å². The van der Waals surface area contributed by atoms with Gasteiger partial charge in [-0.25, -0.2) is 0 Å². The first kappa shape index (κ1) is 18.4. The van der Waals surface area contributed by atoms with Gasteiger partial charge >= 0.3 is 12.1 Å². The van der Waals surface area contributed by atoms with Crippen LogP contribution in [0, 0.1) is 5.41 Å². The Bertz CT molecular complexity index is 266. The van der Waals surface area contributed by atoms with Crippen molar-refractivity contribution in [2.45, 2.75) is 70.9 Å². The maximum atomic E-state index is 12.7. The molecule has 0 bridgehead atoms. The third-order valence-electron chi connectivity index (χ3n) is 3.27. The number of unbranched alkanes of at least 4 members (excludes halogenated alkanes) is 2. The van der Waals surface area contributed by atoms with Gasteiger partial charge < -0.3 is 0 Å². The minimum Gasteiger partial charge on any atom is -0.196 e. The van der Waals surface area contributed by atoms with Gasteiger partial charge in [-0.2, -0.15) is 22.0 Å². The van der Waals surface area contributed by atoms with Gasteiger partial charge in [0.05, 0.1) is 0 Å². The van der Waals surface area contributed by atoms with Gasteiger partial charge in [0.2, 0.25) is 0 Å². The van der Waals surface area contributed by atoms with Gasteiger partial charge in [-0.05, 0) is 37.5 Å². The fourth-order valence-corrected chi connectivity index (χ4v) is 1.95. The predicted molar refractivity (Wildman–Crippen MR) is 67.3 cm³/mol. The number of allylic oxidation sites excluding steroid dienone is 1. The molecule has 0 radical (unpaired) electrons. The fourth-order valence-electron chi connectivity index (χ4n) is 1.95. The maximum absolute atomic E-state index is 12.7. The third-order valence-corrected chi connectivity index (χ3v) is 3.27. The van der Waals surface area contributed by atoms with E-state index in [1.807, 2.05) is 19.9 Å². The molecule has 0 rings (SSSR count). The van der Waals surface area contributed by atoms with Crippen LogP contribution in [0.15, 0.2) is 12.7 Å². The zero-order valence-corrected chi connectivity index (χ0v) is 11.6. The lowest BCUT2D eigenvalue weighted by Crippen LogP contribution is -2.36. The second kappa shape index (κ2) is 7.25. The van der Waals surface area contributed by atoms with Crippen molar-refractivity contribution in [2.75, 3.05) is 0 Å². The molecule has 5 heteroatoms. The number of alkyl halides is 5. The van der Waals surface area contributed by atoms with Gasteiger partial charge in [-0.1, -0.05) is 26.3 Å². The van der Waals surface area contributed by atoms with Crippen LogP contribution in [0.3, 0.4) is 0 Å². The average Bonchev–Trinajstić information content (AvgIpc) is 2.22. The zero-order valence-electron chi connectivity index (χ0n) is 11.6. The van der Waals surface area contributed by atoms with Crippen molar-refractivity contribution < 1.29 is 22.0 Å². The molecule has 0 heterocycles. The summed E-state index contributed by atoms with van der Waals surface area (Å²) in [5.41, 5.74) is -0.192. The fraction of sp³-hybridized carbons (Fsp3) is 0.857. The number of halogens is 5. The molecule has 0 aliphatic heterocycles. The number of hydrogen-bond acceptors (Lipinski definition) is 0. The van der Waals surface area contributed by atoms with Crippen LogP contribution in [0.25, 0.3) is 0 Å². The zero-order chi connectivity index (χ0) is 15.2. The SMILES string of the molecule is C=CCCCCC(C)(C)CCCC(F)(F)C(F)(F)F. The molecule has 0 aromatic rings. The highest BCUT2D eigenvalue weighted by Crippen LogP contribution is 2.40. The molecule has 0 fully saturated rings. The second-order valence-electron chi connectivity index (χ2n) is 5.75. The predicted octanol–water partition coefficient (Wildman–Crippen LogP) is 6.13. The lowest BCUT2D eigenvalue weighted by atomic mass is 9.81. The highest BCUT2D eigenvalue weighted by atomic mass is 19.4. The monoisotopic (exact) mass is 286 g/mol. The molecule has 0 amide bonds. The van der Waals surface area contributed by atoms with E-state index in [0.29, 0.717) is 6.42 Å². The summed E-state index contributed by atoms with van der Waals surface area (Å²) >= 11 is 0. The lowest BCUT2D eigenvalue weighted by Gasteiger charge is -2.26. The van der Waals surface area contributed by atoms with E-state index in [9.17, 15) is 22.0 Å². The molecule has 0 atom stereocenters. The molecule has 0 aromatic heterocycles. The van der Waals surface area contributed by atoms with E-state index in [-0.39, 0.29) is 11.8 Å². The first-order valence-electron chi connectivity index (χ1n) is 6.57.